The Morgan fingerprint density at radius 2 is 1.42 bits per heavy atom. The smallest absolute Gasteiger partial charge is 0.314 e. The summed E-state index contributed by atoms with van der Waals surface area (Å²) in [7, 11) is 0. The summed E-state index contributed by atoms with van der Waals surface area (Å²) < 4.78 is 54.9. The lowest BCUT2D eigenvalue weighted by Gasteiger charge is -2.30. The highest BCUT2D eigenvalue weighted by atomic mass is 19.2. The molecule has 36 heavy (non-hydrogen) atoms. The van der Waals surface area contributed by atoms with E-state index in [2.05, 4.69) is 6.92 Å². The van der Waals surface area contributed by atoms with Crippen LogP contribution in [0.25, 0.3) is 0 Å². The molecule has 2 aliphatic rings. The van der Waals surface area contributed by atoms with Crippen LogP contribution in [0.3, 0.4) is 0 Å². The second-order valence-corrected chi connectivity index (χ2v) is 10.4. The second kappa shape index (κ2) is 12.2. The van der Waals surface area contributed by atoms with Gasteiger partial charge in [0.1, 0.15) is 5.75 Å². The van der Waals surface area contributed by atoms with E-state index in [1.165, 1.54) is 25.0 Å². The fraction of sp³-hybridized carbons (Fsp3) is 0.567. The Morgan fingerprint density at radius 1 is 0.833 bits per heavy atom. The Bertz CT molecular complexity index is 1040. The summed E-state index contributed by atoms with van der Waals surface area (Å²) in [6.45, 7) is 4.29. The van der Waals surface area contributed by atoms with Gasteiger partial charge in [-0.15, -0.1) is 0 Å². The van der Waals surface area contributed by atoms with Crippen LogP contribution in [0, 0.1) is 29.3 Å². The van der Waals surface area contributed by atoms with Crippen molar-refractivity contribution in [3.63, 3.8) is 0 Å². The molecule has 0 atom stereocenters. The molecule has 2 aromatic carbocycles. The molecule has 4 rings (SSSR count). The normalized spacial score (nSPS) is 24.4. The number of benzene rings is 2. The highest BCUT2D eigenvalue weighted by Crippen LogP contribution is 2.42. The predicted molar refractivity (Wildman–Crippen MR) is 134 cm³/mol. The van der Waals surface area contributed by atoms with Gasteiger partial charge in [0.05, 0.1) is 12.5 Å². The Morgan fingerprint density at radius 3 is 1.94 bits per heavy atom. The Kier molecular flexibility index (Phi) is 8.97. The molecule has 196 valence electrons. The monoisotopic (exact) mass is 502 g/mol. The van der Waals surface area contributed by atoms with Gasteiger partial charge in [0.25, 0.3) is 0 Å². The van der Waals surface area contributed by atoms with Crippen LogP contribution in [0.4, 0.5) is 13.2 Å². The van der Waals surface area contributed by atoms with Crippen LogP contribution in [0.15, 0.2) is 30.3 Å². The van der Waals surface area contributed by atoms with Crippen molar-refractivity contribution in [1.82, 2.24) is 0 Å². The number of hydrogen-bond acceptors (Lipinski definition) is 3. The van der Waals surface area contributed by atoms with Crippen molar-refractivity contribution in [2.45, 2.75) is 89.9 Å². The molecule has 6 heteroatoms. The summed E-state index contributed by atoms with van der Waals surface area (Å²) in [5, 5.41) is 0. The van der Waals surface area contributed by atoms with Crippen molar-refractivity contribution >= 4 is 5.97 Å². The zero-order valence-electron chi connectivity index (χ0n) is 21.3. The van der Waals surface area contributed by atoms with E-state index in [4.69, 9.17) is 9.47 Å². The summed E-state index contributed by atoms with van der Waals surface area (Å²) in [6.07, 6.45) is 8.61. The molecule has 0 unspecified atom stereocenters. The van der Waals surface area contributed by atoms with Gasteiger partial charge >= 0.3 is 5.97 Å². The number of carbonyl (C=O) groups is 1. The maximum atomic E-state index is 15.2. The standard InChI is InChI=1S/C30H37F3O3/c1-3-5-19-6-8-20(9-7-19)24-15-16-25(29(33)28(24)32)21-10-12-22(13-11-21)30(34)36-23-14-17-27(35-4-2)26(31)18-23/h14-22H,3-13H2,1-2H3. The molecule has 0 saturated heterocycles. The van der Waals surface area contributed by atoms with Gasteiger partial charge in [0.2, 0.25) is 0 Å². The molecule has 3 nitrogen and oxygen atoms in total. The lowest BCUT2D eigenvalue weighted by Crippen LogP contribution is -2.25. The van der Waals surface area contributed by atoms with E-state index in [0.29, 0.717) is 49.3 Å². The molecule has 2 aliphatic carbocycles. The Hall–Kier alpha value is -2.50. The quantitative estimate of drug-likeness (QED) is 0.268. The molecule has 2 saturated carbocycles. The summed E-state index contributed by atoms with van der Waals surface area (Å²) >= 11 is 0. The third-order valence-corrected chi connectivity index (χ3v) is 8.05. The molecule has 0 radical (unpaired) electrons. The fourth-order valence-electron chi connectivity index (χ4n) is 6.04. The minimum atomic E-state index is -0.723. The number of hydrogen-bond donors (Lipinski definition) is 0. The van der Waals surface area contributed by atoms with Gasteiger partial charge in [0.15, 0.2) is 23.2 Å². The first-order valence-electron chi connectivity index (χ1n) is 13.5. The maximum absolute atomic E-state index is 15.2. The van der Waals surface area contributed by atoms with Gasteiger partial charge in [-0.3, -0.25) is 4.79 Å². The van der Waals surface area contributed by atoms with E-state index in [-0.39, 0.29) is 29.3 Å². The second-order valence-electron chi connectivity index (χ2n) is 10.4. The van der Waals surface area contributed by atoms with E-state index in [9.17, 15) is 9.18 Å². The van der Waals surface area contributed by atoms with Crippen LogP contribution < -0.4 is 9.47 Å². The van der Waals surface area contributed by atoms with Crippen molar-refractivity contribution in [3.05, 3.63) is 58.9 Å². The fourth-order valence-corrected chi connectivity index (χ4v) is 6.04. The molecule has 2 aromatic rings. The SMILES string of the molecule is CCCC1CCC(c2ccc(C3CCC(C(=O)Oc4ccc(OCC)c(F)c4)CC3)c(F)c2F)CC1. The first-order chi connectivity index (χ1) is 17.4. The van der Waals surface area contributed by atoms with Crippen molar-refractivity contribution < 1.29 is 27.4 Å². The maximum Gasteiger partial charge on any atom is 0.314 e. The third-order valence-electron chi connectivity index (χ3n) is 8.05. The van der Waals surface area contributed by atoms with Gasteiger partial charge in [-0.05, 0) is 99.3 Å². The first kappa shape index (κ1) is 26.6. The molecule has 0 N–H and O–H groups in total. The number of carbonyl (C=O) groups excluding carboxylic acids is 1. The van der Waals surface area contributed by atoms with Crippen LogP contribution >= 0.6 is 0 Å². The predicted octanol–water partition coefficient (Wildman–Crippen LogP) is 8.46. The number of ether oxygens (including phenoxy) is 2. The summed E-state index contributed by atoms with van der Waals surface area (Å²) in [6, 6.07) is 7.64. The summed E-state index contributed by atoms with van der Waals surface area (Å²) in [4.78, 5) is 12.6. The minimum absolute atomic E-state index is 0.0969. The molecule has 0 bridgehead atoms. The zero-order valence-corrected chi connectivity index (χ0v) is 21.3. The first-order valence-corrected chi connectivity index (χ1v) is 13.5. The van der Waals surface area contributed by atoms with E-state index < -0.39 is 23.4 Å². The molecular formula is C30H37F3O3. The zero-order chi connectivity index (χ0) is 25.7. The molecule has 0 spiro atoms. The number of halogens is 3. The van der Waals surface area contributed by atoms with Gasteiger partial charge in [0, 0.05) is 6.07 Å². The summed E-state index contributed by atoms with van der Waals surface area (Å²) in [5.41, 5.74) is 0.933. The number of rotatable bonds is 8. The van der Waals surface area contributed by atoms with Crippen LogP contribution in [-0.4, -0.2) is 12.6 Å². The van der Waals surface area contributed by atoms with Crippen LogP contribution in [-0.2, 0) is 4.79 Å². The van der Waals surface area contributed by atoms with Crippen molar-refractivity contribution in [2.75, 3.05) is 6.61 Å². The van der Waals surface area contributed by atoms with Gasteiger partial charge in [-0.2, -0.15) is 0 Å². The highest BCUT2D eigenvalue weighted by Gasteiger charge is 2.32. The van der Waals surface area contributed by atoms with E-state index in [0.717, 1.165) is 31.7 Å². The van der Waals surface area contributed by atoms with Crippen LogP contribution in [0.5, 0.6) is 11.5 Å². The average Bonchev–Trinajstić information content (AvgIpc) is 2.88. The van der Waals surface area contributed by atoms with Crippen LogP contribution in [0.1, 0.15) is 101 Å². The molecule has 0 aliphatic heterocycles. The molecular weight excluding hydrogens is 465 g/mol. The lowest BCUT2D eigenvalue weighted by atomic mass is 9.75. The van der Waals surface area contributed by atoms with Gasteiger partial charge in [-0.1, -0.05) is 31.9 Å². The third kappa shape index (κ3) is 6.07. The Labute approximate surface area is 212 Å². The van der Waals surface area contributed by atoms with Crippen molar-refractivity contribution in [3.8, 4) is 11.5 Å². The molecule has 2 fully saturated rings. The Balaban J connectivity index is 1.33. The van der Waals surface area contributed by atoms with Crippen molar-refractivity contribution in [2.24, 2.45) is 11.8 Å². The minimum Gasteiger partial charge on any atom is -0.491 e. The molecule has 0 aromatic heterocycles. The molecule has 0 amide bonds. The van der Waals surface area contributed by atoms with E-state index in [1.54, 1.807) is 19.1 Å². The topological polar surface area (TPSA) is 35.5 Å². The molecule has 0 heterocycles. The van der Waals surface area contributed by atoms with Gasteiger partial charge in [-0.25, -0.2) is 13.2 Å². The highest BCUT2D eigenvalue weighted by molar-refractivity contribution is 5.75. The van der Waals surface area contributed by atoms with Gasteiger partial charge < -0.3 is 9.47 Å². The average molecular weight is 503 g/mol. The van der Waals surface area contributed by atoms with E-state index in [1.807, 2.05) is 0 Å². The van der Waals surface area contributed by atoms with E-state index >= 15 is 8.78 Å². The largest absolute Gasteiger partial charge is 0.491 e. The number of esters is 1. The summed E-state index contributed by atoms with van der Waals surface area (Å²) in [5.74, 6) is -1.82. The lowest BCUT2D eigenvalue weighted by molar-refractivity contribution is -0.140. The van der Waals surface area contributed by atoms with Crippen molar-refractivity contribution in [1.29, 1.82) is 0 Å². The van der Waals surface area contributed by atoms with Crippen LogP contribution in [0.2, 0.25) is 0 Å².